The molecule has 0 heterocycles. The van der Waals surface area contributed by atoms with E-state index in [1.54, 1.807) is 24.3 Å². The van der Waals surface area contributed by atoms with Crippen molar-refractivity contribution in [2.75, 3.05) is 10.5 Å². The second-order valence-electron chi connectivity index (χ2n) is 5.21. The van der Waals surface area contributed by atoms with E-state index in [9.17, 15) is 8.42 Å². The first-order valence-corrected chi connectivity index (χ1v) is 9.49. The number of unbranched alkanes of at least 4 members (excludes halogenated alkanes) is 1. The molecule has 0 amide bonds. The third kappa shape index (κ3) is 6.12. The van der Waals surface area contributed by atoms with Gasteiger partial charge in [-0.3, -0.25) is 4.72 Å². The van der Waals surface area contributed by atoms with Crippen LogP contribution in [0, 0.1) is 0 Å². The molecule has 0 aliphatic rings. The molecule has 0 aliphatic carbocycles. The zero-order chi connectivity index (χ0) is 16.7. The molecule has 2 aromatic carbocycles. The van der Waals surface area contributed by atoms with Crippen LogP contribution in [0.2, 0.25) is 5.02 Å². The van der Waals surface area contributed by atoms with Gasteiger partial charge in [-0.2, -0.15) is 0 Å². The third-order valence-corrected chi connectivity index (χ3v) is 4.84. The van der Waals surface area contributed by atoms with E-state index in [0.717, 1.165) is 12.0 Å². The molecule has 0 spiro atoms. The number of anilines is 1. The van der Waals surface area contributed by atoms with Crippen molar-refractivity contribution in [3.05, 3.63) is 59.1 Å². The van der Waals surface area contributed by atoms with Gasteiger partial charge in [-0.25, -0.2) is 8.42 Å². The minimum atomic E-state index is -3.27. The molecule has 0 unspecified atom stereocenters. The highest BCUT2D eigenvalue weighted by molar-refractivity contribution is 7.92. The van der Waals surface area contributed by atoms with Crippen LogP contribution in [0.5, 0.6) is 5.75 Å². The number of rotatable bonds is 8. The Balaban J connectivity index is 1.90. The van der Waals surface area contributed by atoms with Gasteiger partial charge in [0.25, 0.3) is 0 Å². The zero-order valence-corrected chi connectivity index (χ0v) is 14.5. The molecule has 4 nitrogen and oxygen atoms in total. The number of ether oxygens (including phenoxy) is 1. The van der Waals surface area contributed by atoms with Crippen LogP contribution in [0.3, 0.4) is 0 Å². The molecule has 124 valence electrons. The molecule has 23 heavy (non-hydrogen) atoms. The van der Waals surface area contributed by atoms with Gasteiger partial charge < -0.3 is 4.74 Å². The SMILES string of the molecule is CCCCS(=O)(=O)Nc1ccc(OCc2ccc(Cl)cc2)cc1. The van der Waals surface area contributed by atoms with E-state index in [1.165, 1.54) is 0 Å². The molecule has 0 atom stereocenters. The van der Waals surface area contributed by atoms with Gasteiger partial charge in [0, 0.05) is 10.7 Å². The lowest BCUT2D eigenvalue weighted by atomic mass is 10.2. The lowest BCUT2D eigenvalue weighted by Crippen LogP contribution is -2.16. The minimum absolute atomic E-state index is 0.137. The number of sulfonamides is 1. The van der Waals surface area contributed by atoms with Gasteiger partial charge in [-0.1, -0.05) is 37.1 Å². The van der Waals surface area contributed by atoms with Crippen molar-refractivity contribution in [3.63, 3.8) is 0 Å². The summed E-state index contributed by atoms with van der Waals surface area (Å²) in [4.78, 5) is 0. The highest BCUT2D eigenvalue weighted by atomic mass is 35.5. The predicted molar refractivity (Wildman–Crippen MR) is 94.5 cm³/mol. The van der Waals surface area contributed by atoms with Crippen LogP contribution in [-0.2, 0) is 16.6 Å². The number of hydrogen-bond acceptors (Lipinski definition) is 3. The maximum Gasteiger partial charge on any atom is 0.232 e. The Kier molecular flexibility index (Phi) is 6.30. The van der Waals surface area contributed by atoms with Crippen molar-refractivity contribution < 1.29 is 13.2 Å². The predicted octanol–water partition coefficient (Wildman–Crippen LogP) is 4.46. The van der Waals surface area contributed by atoms with Crippen molar-refractivity contribution >= 4 is 27.3 Å². The van der Waals surface area contributed by atoms with Gasteiger partial charge in [-0.15, -0.1) is 0 Å². The van der Waals surface area contributed by atoms with Gasteiger partial charge in [0.15, 0.2) is 0 Å². The molecular weight excluding hydrogens is 334 g/mol. The average Bonchev–Trinajstić information content (AvgIpc) is 2.53. The summed E-state index contributed by atoms with van der Waals surface area (Å²) in [6.07, 6.45) is 1.50. The Morgan fingerprint density at radius 2 is 1.70 bits per heavy atom. The first-order chi connectivity index (χ1) is 11.0. The maximum absolute atomic E-state index is 11.8. The molecule has 0 bridgehead atoms. The third-order valence-electron chi connectivity index (χ3n) is 3.21. The Hall–Kier alpha value is -1.72. The summed E-state index contributed by atoms with van der Waals surface area (Å²) in [5.41, 5.74) is 1.55. The van der Waals surface area contributed by atoms with E-state index in [4.69, 9.17) is 16.3 Å². The number of hydrogen-bond donors (Lipinski definition) is 1. The summed E-state index contributed by atoms with van der Waals surface area (Å²) >= 11 is 5.83. The van der Waals surface area contributed by atoms with Gasteiger partial charge in [0.1, 0.15) is 12.4 Å². The largest absolute Gasteiger partial charge is 0.489 e. The molecule has 0 fully saturated rings. The van der Waals surface area contributed by atoms with Crippen LogP contribution in [0.1, 0.15) is 25.3 Å². The summed E-state index contributed by atoms with van der Waals surface area (Å²) in [5, 5.41) is 0.688. The van der Waals surface area contributed by atoms with Crippen molar-refractivity contribution in [2.24, 2.45) is 0 Å². The summed E-state index contributed by atoms with van der Waals surface area (Å²) in [7, 11) is -3.27. The van der Waals surface area contributed by atoms with Crippen LogP contribution in [0.15, 0.2) is 48.5 Å². The molecule has 0 saturated carbocycles. The number of halogens is 1. The lowest BCUT2D eigenvalue weighted by Gasteiger charge is -2.09. The summed E-state index contributed by atoms with van der Waals surface area (Å²) < 4.78 is 31.9. The van der Waals surface area contributed by atoms with Crippen molar-refractivity contribution in [1.82, 2.24) is 0 Å². The van der Waals surface area contributed by atoms with Crippen LogP contribution in [-0.4, -0.2) is 14.2 Å². The lowest BCUT2D eigenvalue weighted by molar-refractivity contribution is 0.306. The molecule has 0 saturated heterocycles. The first-order valence-electron chi connectivity index (χ1n) is 7.46. The average molecular weight is 354 g/mol. The van der Waals surface area contributed by atoms with Crippen LogP contribution >= 0.6 is 11.6 Å². The molecule has 0 aromatic heterocycles. The Morgan fingerprint density at radius 1 is 1.04 bits per heavy atom. The van der Waals surface area contributed by atoms with Crippen molar-refractivity contribution in [1.29, 1.82) is 0 Å². The molecule has 0 radical (unpaired) electrons. The molecule has 2 rings (SSSR count). The highest BCUT2D eigenvalue weighted by Gasteiger charge is 2.09. The van der Waals surface area contributed by atoms with Gasteiger partial charge in [-0.05, 0) is 48.4 Å². The van der Waals surface area contributed by atoms with E-state index in [0.29, 0.717) is 29.5 Å². The molecule has 1 N–H and O–H groups in total. The maximum atomic E-state index is 11.8. The van der Waals surface area contributed by atoms with Crippen molar-refractivity contribution in [2.45, 2.75) is 26.4 Å². The van der Waals surface area contributed by atoms with E-state index in [1.807, 2.05) is 31.2 Å². The highest BCUT2D eigenvalue weighted by Crippen LogP contribution is 2.19. The summed E-state index contributed by atoms with van der Waals surface area (Å²) in [5.74, 6) is 0.814. The minimum Gasteiger partial charge on any atom is -0.489 e. The molecule has 2 aromatic rings. The summed E-state index contributed by atoms with van der Waals surface area (Å²) in [6, 6.07) is 14.3. The van der Waals surface area contributed by atoms with Gasteiger partial charge >= 0.3 is 0 Å². The fraction of sp³-hybridized carbons (Fsp3) is 0.294. The second kappa shape index (κ2) is 8.22. The number of benzene rings is 2. The Labute approximate surface area is 142 Å². The molecule has 6 heteroatoms. The van der Waals surface area contributed by atoms with Gasteiger partial charge in [0.05, 0.1) is 5.75 Å². The van der Waals surface area contributed by atoms with Gasteiger partial charge in [0.2, 0.25) is 10.0 Å². The van der Waals surface area contributed by atoms with E-state index in [-0.39, 0.29) is 5.75 Å². The second-order valence-corrected chi connectivity index (χ2v) is 7.49. The monoisotopic (exact) mass is 353 g/mol. The molecule has 0 aliphatic heterocycles. The number of nitrogens with one attached hydrogen (secondary N) is 1. The summed E-state index contributed by atoms with van der Waals surface area (Å²) in [6.45, 7) is 2.39. The van der Waals surface area contributed by atoms with E-state index >= 15 is 0 Å². The van der Waals surface area contributed by atoms with E-state index in [2.05, 4.69) is 4.72 Å². The first kappa shape index (κ1) is 17.6. The fourth-order valence-electron chi connectivity index (χ4n) is 1.93. The normalized spacial score (nSPS) is 11.2. The quantitative estimate of drug-likeness (QED) is 0.762. The van der Waals surface area contributed by atoms with Crippen LogP contribution in [0.4, 0.5) is 5.69 Å². The topological polar surface area (TPSA) is 55.4 Å². The fourth-order valence-corrected chi connectivity index (χ4v) is 3.32. The van der Waals surface area contributed by atoms with E-state index < -0.39 is 10.0 Å². The standard InChI is InChI=1S/C17H20ClNO3S/c1-2-3-12-23(20,21)19-16-8-10-17(11-9-16)22-13-14-4-6-15(18)7-5-14/h4-11,19H,2-3,12-13H2,1H3. The van der Waals surface area contributed by atoms with Crippen molar-refractivity contribution in [3.8, 4) is 5.75 Å². The van der Waals surface area contributed by atoms with Crippen LogP contribution in [0.25, 0.3) is 0 Å². The zero-order valence-electron chi connectivity index (χ0n) is 13.0. The van der Waals surface area contributed by atoms with Crippen LogP contribution < -0.4 is 9.46 Å². The Morgan fingerprint density at radius 3 is 2.30 bits per heavy atom. The molecular formula is C17H20ClNO3S. The Bertz CT molecular complexity index is 713. The smallest absolute Gasteiger partial charge is 0.232 e.